The average molecular weight is 246 g/mol. The van der Waals surface area contributed by atoms with Gasteiger partial charge in [-0.05, 0) is 19.3 Å². The highest BCUT2D eigenvalue weighted by atomic mass is 35.5. The fourth-order valence-electron chi connectivity index (χ4n) is 1.67. The number of rotatable bonds is 4. The fraction of sp³-hybridized carbons (Fsp3) is 0.600. The van der Waals surface area contributed by atoms with Gasteiger partial charge in [0.15, 0.2) is 10.3 Å². The number of hydrogen-bond donors (Lipinski definition) is 0. The predicted octanol–water partition coefficient (Wildman–Crippen LogP) is 3.16. The Morgan fingerprint density at radius 2 is 2.13 bits per heavy atom. The second-order valence-electron chi connectivity index (χ2n) is 3.77. The first-order chi connectivity index (χ1) is 7.22. The van der Waals surface area contributed by atoms with Gasteiger partial charge in [0.1, 0.15) is 0 Å². The molecule has 82 valence electrons. The molecule has 1 saturated carbocycles. The van der Waals surface area contributed by atoms with Gasteiger partial charge < -0.3 is 4.90 Å². The number of aromatic nitrogens is 2. The molecule has 2 rings (SSSR count). The van der Waals surface area contributed by atoms with Crippen molar-refractivity contribution in [3.05, 3.63) is 16.4 Å². The zero-order valence-electron chi connectivity index (χ0n) is 8.58. The lowest BCUT2D eigenvalue weighted by atomic mass is 10.3. The summed E-state index contributed by atoms with van der Waals surface area (Å²) in [5, 5.41) is 8.40. The third kappa shape index (κ3) is 2.52. The molecule has 15 heavy (non-hydrogen) atoms. The fourth-order valence-corrected chi connectivity index (χ4v) is 2.01. The Bertz CT molecular complexity index is 353. The summed E-state index contributed by atoms with van der Waals surface area (Å²) >= 11 is 11.9. The van der Waals surface area contributed by atoms with E-state index in [9.17, 15) is 0 Å². The van der Waals surface area contributed by atoms with Gasteiger partial charge in [-0.3, -0.25) is 0 Å². The molecule has 1 aliphatic rings. The largest absolute Gasteiger partial charge is 0.366 e. The molecule has 0 radical (unpaired) electrons. The summed E-state index contributed by atoms with van der Waals surface area (Å²) in [6.45, 7) is 3.14. The van der Waals surface area contributed by atoms with Crippen LogP contribution in [0.2, 0.25) is 10.3 Å². The molecule has 3 nitrogen and oxygen atoms in total. The molecule has 0 saturated heterocycles. The van der Waals surface area contributed by atoms with Crippen LogP contribution in [0.4, 0.5) is 5.69 Å². The van der Waals surface area contributed by atoms with Gasteiger partial charge in [-0.2, -0.15) is 0 Å². The first kappa shape index (κ1) is 11.0. The highest BCUT2D eigenvalue weighted by molar-refractivity contribution is 6.33. The summed E-state index contributed by atoms with van der Waals surface area (Å²) in [6.07, 6.45) is 3.55. The van der Waals surface area contributed by atoms with Crippen LogP contribution in [0.3, 0.4) is 0 Å². The molecule has 0 N–H and O–H groups in total. The molecule has 0 unspecified atom stereocenters. The Morgan fingerprint density at radius 3 is 2.73 bits per heavy atom. The van der Waals surface area contributed by atoms with Crippen LogP contribution in [0.1, 0.15) is 26.2 Å². The Balaban J connectivity index is 2.27. The van der Waals surface area contributed by atoms with Gasteiger partial charge >= 0.3 is 0 Å². The van der Waals surface area contributed by atoms with Crippen LogP contribution in [0.5, 0.6) is 0 Å². The van der Waals surface area contributed by atoms with Crippen LogP contribution in [0.15, 0.2) is 6.07 Å². The molecule has 1 aromatic heterocycles. The molecule has 1 heterocycles. The molecule has 0 atom stereocenters. The van der Waals surface area contributed by atoms with Gasteiger partial charge in [0, 0.05) is 18.7 Å². The molecule has 0 aliphatic heterocycles. The van der Waals surface area contributed by atoms with Crippen molar-refractivity contribution in [2.75, 3.05) is 11.4 Å². The van der Waals surface area contributed by atoms with Crippen LogP contribution in [-0.2, 0) is 0 Å². The number of anilines is 1. The molecule has 1 aromatic rings. The van der Waals surface area contributed by atoms with E-state index in [1.807, 2.05) is 0 Å². The molecule has 5 heteroatoms. The van der Waals surface area contributed by atoms with Gasteiger partial charge in [0.25, 0.3) is 0 Å². The van der Waals surface area contributed by atoms with Gasteiger partial charge in [0.2, 0.25) is 0 Å². The van der Waals surface area contributed by atoms with E-state index >= 15 is 0 Å². The standard InChI is InChI=1S/C10H13Cl2N3/c1-2-5-15(7-3-4-7)8-6-9(11)13-14-10(8)12/h6-7H,2-5H2,1H3. The van der Waals surface area contributed by atoms with Crippen molar-refractivity contribution in [1.29, 1.82) is 0 Å². The van der Waals surface area contributed by atoms with Gasteiger partial charge in [-0.1, -0.05) is 30.1 Å². The number of nitrogens with zero attached hydrogens (tertiary/aromatic N) is 3. The van der Waals surface area contributed by atoms with Crippen LogP contribution in [0, 0.1) is 0 Å². The van der Waals surface area contributed by atoms with E-state index in [0.717, 1.165) is 18.7 Å². The number of halogens is 2. The maximum absolute atomic E-state index is 6.02. The van der Waals surface area contributed by atoms with E-state index in [0.29, 0.717) is 16.3 Å². The van der Waals surface area contributed by atoms with E-state index in [2.05, 4.69) is 22.0 Å². The van der Waals surface area contributed by atoms with Crippen molar-refractivity contribution in [1.82, 2.24) is 10.2 Å². The number of hydrogen-bond acceptors (Lipinski definition) is 3. The summed E-state index contributed by atoms with van der Waals surface area (Å²) in [5.41, 5.74) is 0.918. The zero-order chi connectivity index (χ0) is 10.8. The summed E-state index contributed by atoms with van der Waals surface area (Å²) in [7, 11) is 0. The van der Waals surface area contributed by atoms with Crippen molar-refractivity contribution in [3.63, 3.8) is 0 Å². The van der Waals surface area contributed by atoms with Crippen LogP contribution >= 0.6 is 23.2 Å². The monoisotopic (exact) mass is 245 g/mol. The van der Waals surface area contributed by atoms with E-state index in [-0.39, 0.29) is 0 Å². The van der Waals surface area contributed by atoms with E-state index in [1.54, 1.807) is 6.07 Å². The van der Waals surface area contributed by atoms with Gasteiger partial charge in [0.05, 0.1) is 5.69 Å². The minimum atomic E-state index is 0.399. The predicted molar refractivity (Wildman–Crippen MR) is 62.7 cm³/mol. The van der Waals surface area contributed by atoms with E-state index < -0.39 is 0 Å². The maximum Gasteiger partial charge on any atom is 0.175 e. The zero-order valence-corrected chi connectivity index (χ0v) is 10.1. The molecule has 1 aliphatic carbocycles. The lowest BCUT2D eigenvalue weighted by Crippen LogP contribution is -2.27. The summed E-state index contributed by atoms with van der Waals surface area (Å²) < 4.78 is 0. The summed E-state index contributed by atoms with van der Waals surface area (Å²) in [4.78, 5) is 2.28. The molecular formula is C10H13Cl2N3. The van der Waals surface area contributed by atoms with Crippen molar-refractivity contribution in [3.8, 4) is 0 Å². The van der Waals surface area contributed by atoms with Crippen molar-refractivity contribution >= 4 is 28.9 Å². The molecule has 0 spiro atoms. The lowest BCUT2D eigenvalue weighted by Gasteiger charge is -2.24. The van der Waals surface area contributed by atoms with Crippen molar-refractivity contribution in [2.45, 2.75) is 32.2 Å². The first-order valence-electron chi connectivity index (χ1n) is 5.17. The molecular weight excluding hydrogens is 233 g/mol. The molecule has 0 aromatic carbocycles. The normalized spacial score (nSPS) is 15.4. The molecule has 1 fully saturated rings. The smallest absolute Gasteiger partial charge is 0.175 e. The Morgan fingerprint density at radius 1 is 1.40 bits per heavy atom. The second kappa shape index (κ2) is 4.54. The third-order valence-corrected chi connectivity index (χ3v) is 2.92. The lowest BCUT2D eigenvalue weighted by molar-refractivity contribution is 0.758. The maximum atomic E-state index is 6.02. The summed E-state index contributed by atoms with van der Waals surface area (Å²) in [6, 6.07) is 2.41. The first-order valence-corrected chi connectivity index (χ1v) is 5.93. The van der Waals surface area contributed by atoms with E-state index in [4.69, 9.17) is 23.2 Å². The van der Waals surface area contributed by atoms with Crippen molar-refractivity contribution in [2.24, 2.45) is 0 Å². The third-order valence-electron chi connectivity index (χ3n) is 2.46. The SMILES string of the molecule is CCCN(c1cc(Cl)nnc1Cl)C1CC1. The average Bonchev–Trinajstić information content (AvgIpc) is 3.02. The van der Waals surface area contributed by atoms with E-state index in [1.165, 1.54) is 12.8 Å². The minimum Gasteiger partial charge on any atom is -0.366 e. The minimum absolute atomic E-state index is 0.399. The van der Waals surface area contributed by atoms with Gasteiger partial charge in [-0.15, -0.1) is 10.2 Å². The second-order valence-corrected chi connectivity index (χ2v) is 4.51. The quantitative estimate of drug-likeness (QED) is 0.817. The topological polar surface area (TPSA) is 29.0 Å². The molecule has 0 amide bonds. The van der Waals surface area contributed by atoms with Crippen LogP contribution in [-0.4, -0.2) is 22.8 Å². The van der Waals surface area contributed by atoms with Crippen LogP contribution in [0.25, 0.3) is 0 Å². The Kier molecular flexibility index (Phi) is 3.32. The Labute approximate surface area is 99.4 Å². The highest BCUT2D eigenvalue weighted by Gasteiger charge is 2.30. The van der Waals surface area contributed by atoms with Gasteiger partial charge in [-0.25, -0.2) is 0 Å². The van der Waals surface area contributed by atoms with Crippen molar-refractivity contribution < 1.29 is 0 Å². The molecule has 0 bridgehead atoms. The summed E-state index contributed by atoms with van der Waals surface area (Å²) in [5.74, 6) is 0. The Hall–Kier alpha value is -0.540. The van der Waals surface area contributed by atoms with Crippen LogP contribution < -0.4 is 4.90 Å². The highest BCUT2D eigenvalue weighted by Crippen LogP contribution is 2.35.